The number of aromatic nitrogens is 8. The number of aliphatic hydroxyl groups is 1. The highest BCUT2D eigenvalue weighted by Gasteiger charge is 2.42. The Hall–Kier alpha value is -4.71. The highest BCUT2D eigenvalue weighted by Crippen LogP contribution is 2.38. The number of carbonyl (C=O) groups is 1. The first-order valence-corrected chi connectivity index (χ1v) is 19.3. The average Bonchev–Trinajstić information content (AvgIpc) is 3.93. The molecule has 54 heavy (non-hydrogen) atoms. The molecule has 1 unspecified atom stereocenters. The lowest BCUT2D eigenvalue weighted by Gasteiger charge is -2.20. The number of hydrogen-bond acceptors (Lipinski definition) is 16. The molecule has 288 valence electrons. The van der Waals surface area contributed by atoms with Crippen LogP contribution in [0.1, 0.15) is 39.1 Å². The molecule has 4 aromatic heterocycles. The van der Waals surface area contributed by atoms with Crippen LogP contribution in [-0.2, 0) is 37.8 Å². The fourth-order valence-corrected chi connectivity index (χ4v) is 7.56. The van der Waals surface area contributed by atoms with E-state index in [2.05, 4.69) is 45.3 Å². The fourth-order valence-electron chi connectivity index (χ4n) is 6.10. The molecule has 0 saturated carbocycles. The van der Waals surface area contributed by atoms with Crippen LogP contribution in [0.25, 0.3) is 22.3 Å². The van der Waals surface area contributed by atoms with Gasteiger partial charge in [0, 0.05) is 31.0 Å². The Morgan fingerprint density at radius 2 is 1.81 bits per heavy atom. The second-order valence-electron chi connectivity index (χ2n) is 12.7. The third-order valence-electron chi connectivity index (χ3n) is 8.67. The summed E-state index contributed by atoms with van der Waals surface area (Å²) in [7, 11) is -8.00. The van der Waals surface area contributed by atoms with E-state index in [1.165, 1.54) is 23.5 Å². The van der Waals surface area contributed by atoms with Crippen LogP contribution in [0.5, 0.6) is 0 Å². The van der Waals surface area contributed by atoms with Crippen LogP contribution in [0.3, 0.4) is 0 Å². The normalized spacial score (nSPS) is 23.7. The number of carbonyl (C=O) groups excluding carboxylic acids is 1. The highest BCUT2D eigenvalue weighted by molar-refractivity contribution is 7.84. The Balaban J connectivity index is 1.03. The number of anilines is 3. The molecule has 1 amide bonds. The molecule has 2 aliphatic heterocycles. The summed E-state index contributed by atoms with van der Waals surface area (Å²) >= 11 is 0. The Morgan fingerprint density at radius 1 is 1.06 bits per heavy atom. The van der Waals surface area contributed by atoms with Crippen molar-refractivity contribution in [1.29, 1.82) is 0 Å². The lowest BCUT2D eigenvalue weighted by Crippen LogP contribution is -2.38. The number of nitrogens with zero attached hydrogens (tertiary/aromatic N) is 7. The predicted octanol–water partition coefficient (Wildman–Crippen LogP) is 0.852. The molecular formula is C30H36N11O11PS. The van der Waals surface area contributed by atoms with Crippen LogP contribution < -0.4 is 20.9 Å². The van der Waals surface area contributed by atoms with Gasteiger partial charge in [0.25, 0.3) is 5.56 Å². The molecule has 24 heteroatoms. The maximum atomic E-state index is 13.2. The molecule has 0 radical (unpaired) electrons. The Morgan fingerprint density at radius 3 is 2.56 bits per heavy atom. The summed E-state index contributed by atoms with van der Waals surface area (Å²) in [6.07, 6.45) is -2.13. The summed E-state index contributed by atoms with van der Waals surface area (Å²) < 4.78 is 66.1. The van der Waals surface area contributed by atoms with E-state index in [0.29, 0.717) is 17.0 Å². The van der Waals surface area contributed by atoms with E-state index in [1.54, 1.807) is 18.4 Å². The van der Waals surface area contributed by atoms with Crippen LogP contribution in [0.4, 0.5) is 17.5 Å². The highest BCUT2D eigenvalue weighted by atomic mass is 32.2. The molecule has 7 atom stereocenters. The first kappa shape index (κ1) is 37.6. The van der Waals surface area contributed by atoms with E-state index in [0.717, 1.165) is 5.69 Å². The Kier molecular flexibility index (Phi) is 10.8. The number of imidazole rings is 2. The fraction of sp³-hybridized carbons (Fsp3) is 0.433. The van der Waals surface area contributed by atoms with Gasteiger partial charge in [0.1, 0.15) is 30.9 Å². The third kappa shape index (κ3) is 8.04. The predicted molar refractivity (Wildman–Crippen MR) is 189 cm³/mol. The minimum absolute atomic E-state index is 0.00515. The van der Waals surface area contributed by atoms with Crippen molar-refractivity contribution in [3.63, 3.8) is 0 Å². The largest absolute Gasteiger partial charge is 0.394 e. The summed E-state index contributed by atoms with van der Waals surface area (Å²) in [4.78, 5) is 58.4. The van der Waals surface area contributed by atoms with Crippen molar-refractivity contribution in [3.05, 3.63) is 59.7 Å². The zero-order valence-corrected chi connectivity index (χ0v) is 30.4. The molecule has 6 N–H and O–H groups in total. The van der Waals surface area contributed by atoms with Crippen LogP contribution in [0.15, 0.2) is 54.1 Å². The van der Waals surface area contributed by atoms with Crippen molar-refractivity contribution in [1.82, 2.24) is 43.8 Å². The van der Waals surface area contributed by atoms with Crippen molar-refractivity contribution in [2.75, 3.05) is 23.8 Å². The van der Waals surface area contributed by atoms with Gasteiger partial charge in [0.05, 0.1) is 25.4 Å². The van der Waals surface area contributed by atoms with E-state index in [4.69, 9.17) is 18.2 Å². The minimum atomic E-state index is -4.49. The second-order valence-corrected chi connectivity index (χ2v) is 14.9. The van der Waals surface area contributed by atoms with Gasteiger partial charge < -0.3 is 29.3 Å². The first-order valence-electron chi connectivity index (χ1n) is 16.7. The summed E-state index contributed by atoms with van der Waals surface area (Å²) in [6.45, 7) is 2.40. The number of amides is 1. The monoisotopic (exact) mass is 789 g/mol. The standard InChI is InChI=1S/C30H36N11O11PS/c1-15(2)27(43)38-30-37-26-23(28(44)39-30)34-14-41(26)29-19(51-53(45)46)8-17(49-29)10-35-54(47,48)52-18-9-21(50-20(18)11-42)40-13-33-22-24(31-12-32-25(22)40)36-16-6-4-3-5-7-16/h3-7,12-15,17-21,29,35,42,53H,8-11H2,1-2H3,(H,45,46)(H,31,32,36)(H2,37,38,39,43,44)/t17-,18-,19+,20+,21+,29+/m0/s1. The number of aliphatic hydroxyl groups excluding tert-OH is 1. The zero-order valence-electron chi connectivity index (χ0n) is 28.6. The van der Waals surface area contributed by atoms with Gasteiger partial charge >= 0.3 is 18.6 Å². The van der Waals surface area contributed by atoms with Gasteiger partial charge in [-0.25, -0.2) is 19.9 Å². The summed E-state index contributed by atoms with van der Waals surface area (Å²) in [5.41, 5.74) is 0.841. The molecular weight excluding hydrogens is 753 g/mol. The number of ether oxygens (including phenoxy) is 2. The summed E-state index contributed by atoms with van der Waals surface area (Å²) in [5, 5.41) is 15.8. The molecule has 7 rings (SSSR count). The van der Waals surface area contributed by atoms with Gasteiger partial charge in [-0.3, -0.25) is 37.8 Å². The van der Waals surface area contributed by atoms with Crippen molar-refractivity contribution < 1.29 is 46.0 Å². The smallest absolute Gasteiger partial charge is 0.336 e. The molecule has 5 aromatic rings. The number of benzene rings is 1. The average molecular weight is 790 g/mol. The number of aromatic amines is 1. The molecule has 22 nitrogen and oxygen atoms in total. The quantitative estimate of drug-likeness (QED) is 0.0850. The molecule has 0 spiro atoms. The lowest BCUT2D eigenvalue weighted by atomic mass is 10.2. The molecule has 2 saturated heterocycles. The number of H-pyrrole nitrogens is 1. The van der Waals surface area contributed by atoms with E-state index in [-0.39, 0.29) is 36.5 Å². The topological polar surface area (TPSA) is 289 Å². The van der Waals surface area contributed by atoms with Gasteiger partial charge in [-0.2, -0.15) is 18.1 Å². The van der Waals surface area contributed by atoms with Crippen LogP contribution in [0, 0.1) is 5.92 Å². The van der Waals surface area contributed by atoms with Crippen LogP contribution in [-0.4, -0.2) is 101 Å². The molecule has 6 heterocycles. The van der Waals surface area contributed by atoms with Gasteiger partial charge in [0.15, 0.2) is 34.4 Å². The van der Waals surface area contributed by atoms with Gasteiger partial charge in [-0.05, 0) is 12.1 Å². The zero-order chi connectivity index (χ0) is 38.1. The SMILES string of the molecule is CC(C)C(=O)Nc1nc2c(ncn2[C@@H]2O[C@H](CNS(=O)(=O)O[C@H]3C[C@H](n4cnc5c(Nc6ccccc6)ncnc54)O[C@@H]3CO)C[C@H]2O[PH](=O)O)c(=O)[nH]1. The first-order chi connectivity index (χ1) is 25.9. The van der Waals surface area contributed by atoms with Gasteiger partial charge in [-0.15, -0.1) is 0 Å². The van der Waals surface area contributed by atoms with Crippen molar-refractivity contribution in [2.45, 2.75) is 63.6 Å². The lowest BCUT2D eigenvalue weighted by molar-refractivity contribution is -0.118. The molecule has 1 aromatic carbocycles. The maximum Gasteiger partial charge on any atom is 0.336 e. The van der Waals surface area contributed by atoms with E-state index >= 15 is 0 Å². The Bertz CT molecular complexity index is 2340. The molecule has 2 aliphatic rings. The number of rotatable bonds is 14. The van der Waals surface area contributed by atoms with Gasteiger partial charge in [0.2, 0.25) is 11.9 Å². The number of hydrogen-bond donors (Lipinski definition) is 6. The molecule has 0 bridgehead atoms. The summed E-state index contributed by atoms with van der Waals surface area (Å²) in [5.74, 6) is -0.527. The number of para-hydroxylation sites is 1. The van der Waals surface area contributed by atoms with E-state index in [9.17, 15) is 32.6 Å². The van der Waals surface area contributed by atoms with Crippen molar-refractivity contribution in [3.8, 4) is 0 Å². The molecule has 2 fully saturated rings. The minimum Gasteiger partial charge on any atom is -0.394 e. The summed E-state index contributed by atoms with van der Waals surface area (Å²) in [6, 6.07) is 9.35. The third-order valence-corrected chi connectivity index (χ3v) is 10.2. The maximum absolute atomic E-state index is 13.2. The van der Waals surface area contributed by atoms with E-state index < -0.39 is 79.4 Å². The van der Waals surface area contributed by atoms with Crippen LogP contribution >= 0.6 is 8.25 Å². The number of nitrogens with one attached hydrogen (secondary N) is 4. The van der Waals surface area contributed by atoms with Crippen LogP contribution in [0.2, 0.25) is 0 Å². The second kappa shape index (κ2) is 15.6. The van der Waals surface area contributed by atoms with Crippen molar-refractivity contribution >= 4 is 64.2 Å². The number of fused-ring (bicyclic) bond motifs is 2. The van der Waals surface area contributed by atoms with Gasteiger partial charge in [-0.1, -0.05) is 32.0 Å². The molecule has 0 aliphatic carbocycles. The Labute approximate surface area is 306 Å². The van der Waals surface area contributed by atoms with Crippen molar-refractivity contribution in [2.24, 2.45) is 5.92 Å². The van der Waals surface area contributed by atoms with E-state index in [1.807, 2.05) is 30.3 Å².